The molecular formula is C25H24Cl2N2O3S. The predicted octanol–water partition coefficient (Wildman–Crippen LogP) is 6.52. The third kappa shape index (κ3) is 7.42. The standard InChI is InChI=1S/C25H24Cl2N2O3S/c1-16-4-9-21(10-5-16)33-17(2)25(30)29-28-14-18-6-11-23(24(12-18)31-3)32-15-19-7-8-20(26)13-22(19)27/h4-14,17H,15H2,1-3H3,(H,29,30)/b28-14-/t17-/m1/s1. The molecule has 5 nitrogen and oxygen atoms in total. The van der Waals surface area contributed by atoms with Gasteiger partial charge in [0.25, 0.3) is 5.91 Å². The zero-order valence-corrected chi connectivity index (χ0v) is 20.8. The summed E-state index contributed by atoms with van der Waals surface area (Å²) in [6.45, 7) is 4.14. The molecule has 3 aromatic rings. The summed E-state index contributed by atoms with van der Waals surface area (Å²) in [5.41, 5.74) is 5.33. The van der Waals surface area contributed by atoms with Crippen LogP contribution in [0.25, 0.3) is 0 Å². The van der Waals surface area contributed by atoms with Crippen molar-refractivity contribution in [3.8, 4) is 11.5 Å². The number of hydrogen-bond acceptors (Lipinski definition) is 5. The fourth-order valence-electron chi connectivity index (χ4n) is 2.81. The minimum absolute atomic E-state index is 0.177. The normalized spacial score (nSPS) is 11.9. The van der Waals surface area contributed by atoms with Gasteiger partial charge in [0.15, 0.2) is 11.5 Å². The van der Waals surface area contributed by atoms with Gasteiger partial charge in [-0.25, -0.2) is 5.43 Å². The van der Waals surface area contributed by atoms with Gasteiger partial charge in [0, 0.05) is 20.5 Å². The average Bonchev–Trinajstić information content (AvgIpc) is 2.80. The summed E-state index contributed by atoms with van der Waals surface area (Å²) < 4.78 is 11.3. The molecule has 1 N–H and O–H groups in total. The highest BCUT2D eigenvalue weighted by atomic mass is 35.5. The second-order valence-corrected chi connectivity index (χ2v) is 9.50. The number of hydrogen-bond donors (Lipinski definition) is 1. The molecule has 0 saturated heterocycles. The number of nitrogens with zero attached hydrogens (tertiary/aromatic N) is 1. The van der Waals surface area contributed by atoms with E-state index >= 15 is 0 Å². The van der Waals surface area contributed by atoms with Crippen LogP contribution in [0.3, 0.4) is 0 Å². The summed E-state index contributed by atoms with van der Waals surface area (Å²) in [7, 11) is 1.56. The molecule has 0 unspecified atom stereocenters. The van der Waals surface area contributed by atoms with Gasteiger partial charge in [-0.05, 0) is 61.9 Å². The van der Waals surface area contributed by atoms with Crippen molar-refractivity contribution in [1.82, 2.24) is 5.43 Å². The summed E-state index contributed by atoms with van der Waals surface area (Å²) in [6, 6.07) is 18.7. The molecule has 0 bridgehead atoms. The first-order chi connectivity index (χ1) is 15.9. The zero-order valence-electron chi connectivity index (χ0n) is 18.5. The number of amides is 1. The monoisotopic (exact) mass is 502 g/mol. The SMILES string of the molecule is COc1cc(/C=N\NC(=O)[C@@H](C)Sc2ccc(C)cc2)ccc1OCc1ccc(Cl)cc1Cl. The molecule has 0 aliphatic heterocycles. The molecule has 0 aliphatic rings. The van der Waals surface area contributed by atoms with Gasteiger partial charge in [-0.2, -0.15) is 5.10 Å². The number of carbonyl (C=O) groups excluding carboxylic acids is 1. The van der Waals surface area contributed by atoms with E-state index in [0.29, 0.717) is 21.5 Å². The van der Waals surface area contributed by atoms with Gasteiger partial charge in [0.05, 0.1) is 18.6 Å². The van der Waals surface area contributed by atoms with E-state index in [-0.39, 0.29) is 17.8 Å². The molecule has 0 spiro atoms. The molecule has 1 amide bonds. The van der Waals surface area contributed by atoms with E-state index in [9.17, 15) is 4.79 Å². The van der Waals surface area contributed by atoms with Crippen LogP contribution in [0.4, 0.5) is 0 Å². The Hall–Kier alpha value is -2.67. The minimum Gasteiger partial charge on any atom is -0.493 e. The summed E-state index contributed by atoms with van der Waals surface area (Å²) >= 11 is 13.6. The third-order valence-electron chi connectivity index (χ3n) is 4.68. The molecular weight excluding hydrogens is 479 g/mol. The molecule has 0 heterocycles. The molecule has 0 saturated carbocycles. The van der Waals surface area contributed by atoms with Gasteiger partial charge in [0.2, 0.25) is 0 Å². The minimum atomic E-state index is -0.283. The van der Waals surface area contributed by atoms with E-state index in [1.807, 2.05) is 50.2 Å². The van der Waals surface area contributed by atoms with E-state index in [0.717, 1.165) is 16.0 Å². The fourth-order valence-corrected chi connectivity index (χ4v) is 4.14. The lowest BCUT2D eigenvalue weighted by Gasteiger charge is -2.12. The fraction of sp³-hybridized carbons (Fsp3) is 0.200. The van der Waals surface area contributed by atoms with Gasteiger partial charge in [-0.15, -0.1) is 11.8 Å². The van der Waals surface area contributed by atoms with E-state index in [4.69, 9.17) is 32.7 Å². The van der Waals surface area contributed by atoms with Crippen LogP contribution in [-0.4, -0.2) is 24.5 Å². The van der Waals surface area contributed by atoms with E-state index < -0.39 is 0 Å². The molecule has 0 aromatic heterocycles. The summed E-state index contributed by atoms with van der Waals surface area (Å²) in [5.74, 6) is 0.926. The Balaban J connectivity index is 1.57. The summed E-state index contributed by atoms with van der Waals surface area (Å²) in [5, 5.41) is 4.90. The van der Waals surface area contributed by atoms with Crippen LogP contribution in [0.15, 0.2) is 70.7 Å². The first-order valence-corrected chi connectivity index (χ1v) is 11.8. The number of aryl methyl sites for hydroxylation is 1. The predicted molar refractivity (Wildman–Crippen MR) is 136 cm³/mol. The highest BCUT2D eigenvalue weighted by Crippen LogP contribution is 2.30. The second-order valence-electron chi connectivity index (χ2n) is 7.24. The molecule has 33 heavy (non-hydrogen) atoms. The lowest BCUT2D eigenvalue weighted by atomic mass is 10.2. The molecule has 3 aromatic carbocycles. The van der Waals surface area contributed by atoms with Crippen LogP contribution < -0.4 is 14.9 Å². The number of nitrogens with one attached hydrogen (secondary N) is 1. The van der Waals surface area contributed by atoms with Crippen molar-refractivity contribution in [2.75, 3.05) is 7.11 Å². The first-order valence-electron chi connectivity index (χ1n) is 10.2. The molecule has 3 rings (SSSR count). The molecule has 8 heteroatoms. The molecule has 0 aliphatic carbocycles. The van der Waals surface area contributed by atoms with Crippen LogP contribution in [-0.2, 0) is 11.4 Å². The van der Waals surface area contributed by atoms with Crippen LogP contribution in [0.1, 0.15) is 23.6 Å². The van der Waals surface area contributed by atoms with Crippen LogP contribution in [0, 0.1) is 6.92 Å². The lowest BCUT2D eigenvalue weighted by molar-refractivity contribution is -0.120. The Bertz CT molecular complexity index is 1140. The van der Waals surface area contributed by atoms with Gasteiger partial charge in [-0.3, -0.25) is 4.79 Å². The van der Waals surface area contributed by atoms with Crippen LogP contribution in [0.5, 0.6) is 11.5 Å². The maximum Gasteiger partial charge on any atom is 0.253 e. The van der Waals surface area contributed by atoms with Crippen LogP contribution >= 0.6 is 35.0 Å². The van der Waals surface area contributed by atoms with Crippen LogP contribution in [0.2, 0.25) is 10.0 Å². The van der Waals surface area contributed by atoms with Crippen molar-refractivity contribution in [3.63, 3.8) is 0 Å². The molecule has 1 atom stereocenters. The number of ether oxygens (including phenoxy) is 2. The van der Waals surface area contributed by atoms with E-state index in [2.05, 4.69) is 10.5 Å². The highest BCUT2D eigenvalue weighted by molar-refractivity contribution is 8.00. The van der Waals surface area contributed by atoms with Crippen molar-refractivity contribution in [1.29, 1.82) is 0 Å². The number of methoxy groups -OCH3 is 1. The van der Waals surface area contributed by atoms with Crippen molar-refractivity contribution in [2.24, 2.45) is 5.10 Å². The second kappa shape index (κ2) is 12.0. The Kier molecular flexibility index (Phi) is 9.06. The average molecular weight is 503 g/mol. The Morgan fingerprint density at radius 3 is 2.55 bits per heavy atom. The molecule has 172 valence electrons. The van der Waals surface area contributed by atoms with E-state index in [1.54, 1.807) is 37.6 Å². The summed E-state index contributed by atoms with van der Waals surface area (Å²) in [4.78, 5) is 13.4. The van der Waals surface area contributed by atoms with Gasteiger partial charge in [0.1, 0.15) is 6.61 Å². The Morgan fingerprint density at radius 2 is 1.85 bits per heavy atom. The zero-order chi connectivity index (χ0) is 23.8. The van der Waals surface area contributed by atoms with Crippen molar-refractivity contribution >= 4 is 47.1 Å². The Labute approximate surface area is 208 Å². The van der Waals surface area contributed by atoms with Crippen molar-refractivity contribution < 1.29 is 14.3 Å². The highest BCUT2D eigenvalue weighted by Gasteiger charge is 2.13. The lowest BCUT2D eigenvalue weighted by Crippen LogP contribution is -2.26. The smallest absolute Gasteiger partial charge is 0.253 e. The largest absolute Gasteiger partial charge is 0.493 e. The van der Waals surface area contributed by atoms with Gasteiger partial charge in [-0.1, -0.05) is 47.0 Å². The number of hydrazone groups is 1. The number of thioether (sulfide) groups is 1. The number of rotatable bonds is 9. The molecule has 0 radical (unpaired) electrons. The van der Waals surface area contributed by atoms with Crippen molar-refractivity contribution in [3.05, 3.63) is 87.4 Å². The third-order valence-corrected chi connectivity index (χ3v) is 6.38. The maximum absolute atomic E-state index is 12.3. The quantitative estimate of drug-likeness (QED) is 0.205. The molecule has 0 fully saturated rings. The van der Waals surface area contributed by atoms with Crippen molar-refractivity contribution in [2.45, 2.75) is 30.6 Å². The topological polar surface area (TPSA) is 59.9 Å². The number of halogens is 2. The van der Waals surface area contributed by atoms with Gasteiger partial charge >= 0.3 is 0 Å². The number of carbonyl (C=O) groups is 1. The van der Waals surface area contributed by atoms with E-state index in [1.165, 1.54) is 17.3 Å². The number of benzene rings is 3. The first kappa shape index (κ1) is 25.0. The maximum atomic E-state index is 12.3. The summed E-state index contributed by atoms with van der Waals surface area (Å²) in [6.07, 6.45) is 1.56. The van der Waals surface area contributed by atoms with Gasteiger partial charge < -0.3 is 9.47 Å². The Morgan fingerprint density at radius 1 is 1.09 bits per heavy atom.